The molecule has 13 aromatic rings. The molecule has 4 aromatic heterocycles. The van der Waals surface area contributed by atoms with Crippen LogP contribution < -0.4 is 0 Å². The van der Waals surface area contributed by atoms with Crippen LogP contribution in [0.1, 0.15) is 0 Å². The second-order valence-corrected chi connectivity index (χ2v) is 16.6. The topological polar surface area (TPSA) is 61.4 Å². The van der Waals surface area contributed by atoms with Gasteiger partial charge in [0, 0.05) is 55.2 Å². The van der Waals surface area contributed by atoms with Crippen LogP contribution in [0.15, 0.2) is 231 Å². The van der Waals surface area contributed by atoms with Gasteiger partial charge < -0.3 is 4.57 Å². The Morgan fingerprint density at radius 3 is 1.52 bits per heavy atom. The van der Waals surface area contributed by atoms with Gasteiger partial charge in [0.1, 0.15) is 5.65 Å². The fourth-order valence-electron chi connectivity index (χ4n) is 9.68. The lowest BCUT2D eigenvalue weighted by Gasteiger charge is -2.12. The van der Waals surface area contributed by atoms with Crippen LogP contribution in [0, 0.1) is 0 Å². The molecule has 6 heteroatoms. The number of aromatic nitrogens is 6. The molecule has 0 amide bonds. The number of fused-ring (bicyclic) bond motifs is 7. The van der Waals surface area contributed by atoms with E-state index in [1.165, 1.54) is 10.8 Å². The van der Waals surface area contributed by atoms with Crippen molar-refractivity contribution in [3.63, 3.8) is 0 Å². The Kier molecular flexibility index (Phi) is 8.74. The van der Waals surface area contributed by atoms with Crippen LogP contribution in [-0.2, 0) is 0 Å². The maximum atomic E-state index is 5.35. The van der Waals surface area contributed by atoms with Crippen molar-refractivity contribution in [1.29, 1.82) is 0 Å². The molecule has 0 aliphatic heterocycles. The molecular weight excluding hydrogens is 805 g/mol. The second kappa shape index (κ2) is 15.4. The molecule has 0 saturated heterocycles. The first kappa shape index (κ1) is 37.5. The second-order valence-electron chi connectivity index (χ2n) is 16.6. The monoisotopic (exact) mass is 842 g/mol. The van der Waals surface area contributed by atoms with E-state index in [4.69, 9.17) is 19.9 Å². The van der Waals surface area contributed by atoms with Gasteiger partial charge in [-0.15, -0.1) is 0 Å². The standard InChI is InChI=1S/C60H38N6/c1-5-18-39(19-6-1)56-48-29-13-15-30-51(48)61-59(62-56)44-24-17-27-46(36-44)65-52-31-16-14-28-47(52)49-37-42(32-34-53(49)65)43-33-35-54-50(38-43)55-57(40-20-7-2-8-21-40)63-58(41-22-9-3-10-23-41)64-60(55)66(54)45-25-11-4-12-26-45/h1-38H. The number of hydrogen-bond acceptors (Lipinski definition) is 4. The molecular formula is C60H38N6. The smallest absolute Gasteiger partial charge is 0.162 e. The van der Waals surface area contributed by atoms with Gasteiger partial charge in [0.05, 0.1) is 38.8 Å². The highest BCUT2D eigenvalue weighted by Crippen LogP contribution is 2.42. The van der Waals surface area contributed by atoms with Gasteiger partial charge >= 0.3 is 0 Å². The first-order chi connectivity index (χ1) is 32.7. The molecule has 13 rings (SSSR count). The number of para-hydroxylation sites is 3. The zero-order valence-corrected chi connectivity index (χ0v) is 35.6. The molecule has 66 heavy (non-hydrogen) atoms. The largest absolute Gasteiger partial charge is 0.309 e. The summed E-state index contributed by atoms with van der Waals surface area (Å²) in [5.74, 6) is 1.38. The summed E-state index contributed by atoms with van der Waals surface area (Å²) in [6, 6.07) is 80.8. The Bertz CT molecular complexity index is 3970. The van der Waals surface area contributed by atoms with E-state index in [2.05, 4.69) is 203 Å². The zero-order valence-electron chi connectivity index (χ0n) is 35.6. The number of benzene rings is 9. The molecule has 0 atom stereocenters. The van der Waals surface area contributed by atoms with Crippen molar-refractivity contribution in [1.82, 2.24) is 29.1 Å². The van der Waals surface area contributed by atoms with Gasteiger partial charge in [0.2, 0.25) is 0 Å². The number of rotatable bonds is 7. The molecule has 0 radical (unpaired) electrons. The molecule has 0 unspecified atom stereocenters. The van der Waals surface area contributed by atoms with E-state index in [1.54, 1.807) is 0 Å². The van der Waals surface area contributed by atoms with Crippen LogP contribution >= 0.6 is 0 Å². The minimum absolute atomic E-state index is 0.691. The molecule has 308 valence electrons. The minimum Gasteiger partial charge on any atom is -0.309 e. The fraction of sp³-hybridized carbons (Fsp3) is 0. The maximum absolute atomic E-state index is 5.35. The van der Waals surface area contributed by atoms with Gasteiger partial charge in [-0.05, 0) is 71.8 Å². The van der Waals surface area contributed by atoms with E-state index in [-0.39, 0.29) is 0 Å². The lowest BCUT2D eigenvalue weighted by atomic mass is 9.99. The van der Waals surface area contributed by atoms with E-state index >= 15 is 0 Å². The summed E-state index contributed by atoms with van der Waals surface area (Å²) in [6.07, 6.45) is 0. The van der Waals surface area contributed by atoms with Crippen LogP contribution in [0.2, 0.25) is 0 Å². The first-order valence-corrected chi connectivity index (χ1v) is 22.2. The van der Waals surface area contributed by atoms with Crippen molar-refractivity contribution in [3.8, 4) is 67.8 Å². The van der Waals surface area contributed by atoms with Gasteiger partial charge in [-0.25, -0.2) is 19.9 Å². The SMILES string of the molecule is c1ccc(-c2nc(-c3ccccc3)c3c4cc(-c5ccc6c(c5)c5ccccc5n6-c5cccc(-c6nc(-c7ccccc7)c7ccccc7n6)c5)ccc4n(-c4ccccc4)c3n2)cc1. The average Bonchev–Trinajstić information content (AvgIpc) is 3.91. The van der Waals surface area contributed by atoms with E-state index in [9.17, 15) is 0 Å². The summed E-state index contributed by atoms with van der Waals surface area (Å²) >= 11 is 0. The normalized spacial score (nSPS) is 11.6. The molecule has 0 saturated carbocycles. The Morgan fingerprint density at radius 1 is 0.273 bits per heavy atom. The molecule has 0 aliphatic carbocycles. The van der Waals surface area contributed by atoms with Crippen molar-refractivity contribution in [2.24, 2.45) is 0 Å². The molecule has 0 bridgehead atoms. The van der Waals surface area contributed by atoms with Crippen molar-refractivity contribution < 1.29 is 0 Å². The lowest BCUT2D eigenvalue weighted by Crippen LogP contribution is -1.99. The molecule has 0 aliphatic rings. The highest BCUT2D eigenvalue weighted by atomic mass is 15.1. The van der Waals surface area contributed by atoms with Gasteiger partial charge in [-0.2, -0.15) is 0 Å². The van der Waals surface area contributed by atoms with E-state index < -0.39 is 0 Å². The lowest BCUT2D eigenvalue weighted by molar-refractivity contribution is 1.11. The van der Waals surface area contributed by atoms with Crippen molar-refractivity contribution in [2.45, 2.75) is 0 Å². The summed E-state index contributed by atoms with van der Waals surface area (Å²) in [4.78, 5) is 21.0. The van der Waals surface area contributed by atoms with Gasteiger partial charge in [0.25, 0.3) is 0 Å². The minimum atomic E-state index is 0.691. The maximum Gasteiger partial charge on any atom is 0.162 e. The van der Waals surface area contributed by atoms with Crippen molar-refractivity contribution in [2.75, 3.05) is 0 Å². The molecule has 9 aromatic carbocycles. The Labute approximate surface area is 380 Å². The van der Waals surface area contributed by atoms with Crippen LogP contribution in [0.3, 0.4) is 0 Å². The summed E-state index contributed by atoms with van der Waals surface area (Å²) < 4.78 is 4.65. The summed E-state index contributed by atoms with van der Waals surface area (Å²) in [7, 11) is 0. The third kappa shape index (κ3) is 6.19. The van der Waals surface area contributed by atoms with Crippen LogP contribution in [-0.4, -0.2) is 29.1 Å². The Hall–Kier alpha value is -9.00. The predicted octanol–water partition coefficient (Wildman–Crippen LogP) is 14.9. The van der Waals surface area contributed by atoms with E-state index in [0.29, 0.717) is 11.6 Å². The third-order valence-corrected chi connectivity index (χ3v) is 12.7. The van der Waals surface area contributed by atoms with Crippen LogP contribution in [0.4, 0.5) is 0 Å². The van der Waals surface area contributed by atoms with Crippen molar-refractivity contribution in [3.05, 3.63) is 231 Å². The van der Waals surface area contributed by atoms with Crippen molar-refractivity contribution >= 4 is 54.6 Å². The molecule has 0 spiro atoms. The van der Waals surface area contributed by atoms with E-state index in [0.717, 1.165) is 100 Å². The molecule has 0 N–H and O–H groups in total. The van der Waals surface area contributed by atoms with Crippen LogP contribution in [0.5, 0.6) is 0 Å². The zero-order chi connectivity index (χ0) is 43.6. The first-order valence-electron chi connectivity index (χ1n) is 22.2. The van der Waals surface area contributed by atoms with Gasteiger partial charge in [-0.3, -0.25) is 4.57 Å². The van der Waals surface area contributed by atoms with Gasteiger partial charge in [0.15, 0.2) is 11.6 Å². The summed E-state index contributed by atoms with van der Waals surface area (Å²) in [5, 5.41) is 5.50. The number of hydrogen-bond donors (Lipinski definition) is 0. The molecule has 6 nitrogen and oxygen atoms in total. The molecule has 4 heterocycles. The predicted molar refractivity (Wildman–Crippen MR) is 271 cm³/mol. The summed E-state index contributed by atoms with van der Waals surface area (Å²) in [5.41, 5.74) is 15.3. The number of nitrogens with zero attached hydrogens (tertiary/aromatic N) is 6. The highest BCUT2D eigenvalue weighted by molar-refractivity contribution is 6.16. The average molecular weight is 843 g/mol. The molecule has 0 fully saturated rings. The highest BCUT2D eigenvalue weighted by Gasteiger charge is 2.22. The summed E-state index contributed by atoms with van der Waals surface area (Å²) in [6.45, 7) is 0. The van der Waals surface area contributed by atoms with Crippen LogP contribution in [0.25, 0.3) is 122 Å². The Balaban J connectivity index is 0.985. The Morgan fingerprint density at radius 2 is 0.788 bits per heavy atom. The fourth-order valence-corrected chi connectivity index (χ4v) is 9.68. The quantitative estimate of drug-likeness (QED) is 0.160. The van der Waals surface area contributed by atoms with E-state index in [1.807, 2.05) is 36.4 Å². The van der Waals surface area contributed by atoms with Gasteiger partial charge in [-0.1, -0.05) is 170 Å². The third-order valence-electron chi connectivity index (χ3n) is 12.7.